The predicted molar refractivity (Wildman–Crippen MR) is 78.9 cm³/mol. The number of hydrogen-bond acceptors (Lipinski definition) is 5. The van der Waals surface area contributed by atoms with E-state index < -0.39 is 25.4 Å². The molecule has 1 unspecified atom stereocenters. The summed E-state index contributed by atoms with van der Waals surface area (Å²) < 4.78 is 50.6. The van der Waals surface area contributed by atoms with Gasteiger partial charge in [-0.3, -0.25) is 0 Å². The van der Waals surface area contributed by atoms with Crippen LogP contribution in [-0.4, -0.2) is 38.9 Å². The summed E-state index contributed by atoms with van der Waals surface area (Å²) in [6, 6.07) is 1.32. The number of rotatable bonds is 3. The highest BCUT2D eigenvalue weighted by Crippen LogP contribution is 2.28. The lowest BCUT2D eigenvalue weighted by Crippen LogP contribution is -2.46. The molecule has 1 atom stereocenters. The van der Waals surface area contributed by atoms with Gasteiger partial charge in [-0.05, 0) is 35.3 Å². The molecule has 0 bridgehead atoms. The van der Waals surface area contributed by atoms with Crippen LogP contribution in [0, 0.1) is 0 Å². The average Bonchev–Trinajstić information content (AvgIpc) is 2.55. The molecule has 1 saturated heterocycles. The van der Waals surface area contributed by atoms with E-state index in [0.717, 1.165) is 0 Å². The Labute approximate surface area is 131 Å². The topological polar surface area (TPSA) is 93.2 Å². The second kappa shape index (κ2) is 5.20. The minimum atomic E-state index is -3.94. The van der Waals surface area contributed by atoms with E-state index in [9.17, 15) is 16.8 Å². The van der Waals surface area contributed by atoms with Crippen LogP contribution in [0.3, 0.4) is 0 Å². The molecule has 1 aliphatic heterocycles. The average molecular weight is 404 g/mol. The van der Waals surface area contributed by atoms with Crippen LogP contribution >= 0.6 is 27.5 Å². The lowest BCUT2D eigenvalue weighted by atomic mass is 10.0. The fraction of sp³-hybridized carbons (Fsp3) is 0.500. The fourth-order valence-electron chi connectivity index (χ4n) is 2.06. The van der Waals surface area contributed by atoms with Gasteiger partial charge in [0.2, 0.25) is 10.0 Å². The van der Waals surface area contributed by atoms with Crippen LogP contribution in [0.2, 0.25) is 5.15 Å². The van der Waals surface area contributed by atoms with Gasteiger partial charge < -0.3 is 0 Å². The van der Waals surface area contributed by atoms with Crippen LogP contribution in [-0.2, 0) is 19.9 Å². The zero-order valence-corrected chi connectivity index (χ0v) is 14.4. The summed E-state index contributed by atoms with van der Waals surface area (Å²) in [5.74, 6) is -0.255. The highest BCUT2D eigenvalue weighted by Gasteiger charge is 2.41. The third kappa shape index (κ3) is 3.51. The number of nitrogens with zero attached hydrogens (tertiary/aromatic N) is 1. The van der Waals surface area contributed by atoms with E-state index in [4.69, 9.17) is 11.6 Å². The lowest BCUT2D eigenvalue weighted by molar-refractivity contribution is 0.461. The number of nitrogens with one attached hydrogen (secondary N) is 1. The van der Waals surface area contributed by atoms with Crippen molar-refractivity contribution in [2.24, 2.45) is 0 Å². The molecule has 2 heterocycles. The minimum absolute atomic E-state index is 0.0313. The van der Waals surface area contributed by atoms with E-state index in [1.807, 2.05) is 0 Å². The van der Waals surface area contributed by atoms with Gasteiger partial charge in [0.25, 0.3) is 0 Å². The van der Waals surface area contributed by atoms with Gasteiger partial charge in [-0.25, -0.2) is 26.5 Å². The summed E-state index contributed by atoms with van der Waals surface area (Å²) >= 11 is 8.92. The summed E-state index contributed by atoms with van der Waals surface area (Å²) in [6.07, 6.45) is 1.61. The molecule has 2 rings (SSSR count). The Balaban J connectivity index is 2.35. The van der Waals surface area contributed by atoms with Gasteiger partial charge in [-0.2, -0.15) is 0 Å². The maximum Gasteiger partial charge on any atom is 0.244 e. The number of sulfonamides is 1. The first-order chi connectivity index (χ1) is 9.03. The highest BCUT2D eigenvalue weighted by molar-refractivity contribution is 9.10. The Morgan fingerprint density at radius 1 is 1.50 bits per heavy atom. The number of sulfone groups is 1. The summed E-state index contributed by atoms with van der Waals surface area (Å²) in [5.41, 5.74) is -1.02. The number of pyridine rings is 1. The first kappa shape index (κ1) is 16.2. The maximum absolute atomic E-state index is 12.3. The summed E-state index contributed by atoms with van der Waals surface area (Å²) in [7, 11) is -7.16. The molecule has 0 saturated carbocycles. The van der Waals surface area contributed by atoms with Crippen LogP contribution in [0.1, 0.15) is 13.3 Å². The molecule has 0 aliphatic carbocycles. The lowest BCUT2D eigenvalue weighted by Gasteiger charge is -2.23. The molecule has 1 aliphatic rings. The molecule has 112 valence electrons. The molecule has 1 aromatic rings. The van der Waals surface area contributed by atoms with Crippen molar-refractivity contribution < 1.29 is 16.8 Å². The van der Waals surface area contributed by atoms with Gasteiger partial charge >= 0.3 is 0 Å². The molecule has 0 spiro atoms. The molecule has 20 heavy (non-hydrogen) atoms. The van der Waals surface area contributed by atoms with Crippen molar-refractivity contribution in [2.75, 3.05) is 11.5 Å². The van der Waals surface area contributed by atoms with Gasteiger partial charge in [-0.15, -0.1) is 0 Å². The highest BCUT2D eigenvalue weighted by atomic mass is 79.9. The molecular weight excluding hydrogens is 392 g/mol. The molecule has 0 radical (unpaired) electrons. The van der Waals surface area contributed by atoms with E-state index in [1.165, 1.54) is 12.3 Å². The van der Waals surface area contributed by atoms with Crippen LogP contribution in [0.5, 0.6) is 0 Å². The molecule has 6 nitrogen and oxygen atoms in total. The van der Waals surface area contributed by atoms with Crippen molar-refractivity contribution in [1.29, 1.82) is 0 Å². The number of aromatic nitrogens is 1. The van der Waals surface area contributed by atoms with Crippen LogP contribution in [0.15, 0.2) is 21.6 Å². The molecule has 1 fully saturated rings. The van der Waals surface area contributed by atoms with Crippen LogP contribution < -0.4 is 4.72 Å². The zero-order chi connectivity index (χ0) is 15.2. The van der Waals surface area contributed by atoms with Crippen LogP contribution in [0.25, 0.3) is 0 Å². The van der Waals surface area contributed by atoms with Crippen molar-refractivity contribution in [3.8, 4) is 0 Å². The smallest absolute Gasteiger partial charge is 0.242 e. The Kier molecular flexibility index (Phi) is 4.20. The molecule has 1 N–H and O–H groups in total. The van der Waals surface area contributed by atoms with Crippen molar-refractivity contribution in [1.82, 2.24) is 9.71 Å². The third-order valence-corrected chi connectivity index (χ3v) is 7.35. The van der Waals surface area contributed by atoms with Gasteiger partial charge in [0, 0.05) is 16.2 Å². The second-order valence-electron chi connectivity index (χ2n) is 4.95. The Bertz CT molecular complexity index is 751. The van der Waals surface area contributed by atoms with E-state index in [2.05, 4.69) is 25.6 Å². The van der Waals surface area contributed by atoms with E-state index in [-0.39, 0.29) is 28.0 Å². The SMILES string of the molecule is CC1(NS(=O)(=O)c2cc(Br)cnc2Cl)CCS(=O)(=O)C1. The first-order valence-corrected chi connectivity index (χ1v) is 10.1. The van der Waals surface area contributed by atoms with Gasteiger partial charge in [-0.1, -0.05) is 11.6 Å². The molecule has 0 aromatic carbocycles. The number of halogens is 2. The summed E-state index contributed by atoms with van der Waals surface area (Å²) in [5, 5.41) is -0.162. The standard InChI is InChI=1S/C10H12BrClN2O4S2/c1-10(2-3-19(15,16)6-10)14-20(17,18)8-4-7(11)5-13-9(8)12/h4-5,14H,2-3,6H2,1H3. The Hall–Kier alpha value is -0.220. The monoisotopic (exact) mass is 402 g/mol. The van der Waals surface area contributed by atoms with E-state index in [0.29, 0.717) is 4.47 Å². The van der Waals surface area contributed by atoms with Crippen molar-refractivity contribution in [3.05, 3.63) is 21.9 Å². The van der Waals surface area contributed by atoms with Gasteiger partial charge in [0.15, 0.2) is 9.84 Å². The normalized spacial score (nSPS) is 25.8. The van der Waals surface area contributed by atoms with Gasteiger partial charge in [0.05, 0.1) is 11.5 Å². The fourth-order valence-corrected chi connectivity index (χ4v) is 6.63. The first-order valence-electron chi connectivity index (χ1n) is 5.59. The molecular formula is C10H12BrClN2O4S2. The third-order valence-electron chi connectivity index (χ3n) is 2.95. The van der Waals surface area contributed by atoms with Crippen molar-refractivity contribution >= 4 is 47.4 Å². The Morgan fingerprint density at radius 2 is 2.15 bits per heavy atom. The Morgan fingerprint density at radius 3 is 2.70 bits per heavy atom. The summed E-state index contributed by atoms with van der Waals surface area (Å²) in [6.45, 7) is 1.56. The molecule has 1 aromatic heterocycles. The van der Waals surface area contributed by atoms with Gasteiger partial charge in [0.1, 0.15) is 10.0 Å². The maximum atomic E-state index is 12.3. The second-order valence-corrected chi connectivity index (χ2v) is 10.1. The predicted octanol–water partition coefficient (Wildman–Crippen LogP) is 1.35. The molecule has 0 amide bonds. The van der Waals surface area contributed by atoms with E-state index >= 15 is 0 Å². The molecule has 10 heteroatoms. The minimum Gasteiger partial charge on any atom is -0.242 e. The summed E-state index contributed by atoms with van der Waals surface area (Å²) in [4.78, 5) is 3.57. The van der Waals surface area contributed by atoms with Crippen molar-refractivity contribution in [3.63, 3.8) is 0 Å². The zero-order valence-electron chi connectivity index (χ0n) is 10.4. The quantitative estimate of drug-likeness (QED) is 0.769. The largest absolute Gasteiger partial charge is 0.244 e. The van der Waals surface area contributed by atoms with Crippen molar-refractivity contribution in [2.45, 2.75) is 23.8 Å². The number of hydrogen-bond donors (Lipinski definition) is 1. The van der Waals surface area contributed by atoms with E-state index in [1.54, 1.807) is 6.92 Å². The van der Waals surface area contributed by atoms with Crippen LogP contribution in [0.4, 0.5) is 0 Å².